The van der Waals surface area contributed by atoms with Crippen LogP contribution in [0.1, 0.15) is 28.2 Å². The quantitative estimate of drug-likeness (QED) is 0.363. The molecule has 4 aliphatic rings. The average Bonchev–Trinajstić information content (AvgIpc) is 3.09. The highest BCUT2D eigenvalue weighted by molar-refractivity contribution is 6.23. The standard InChI is InChI=1S/C25H18N2O5/c1-32-15-12-10-14(11-13-15)26-23(28)21-20-16-6-2-4-8-18(16)25(27(30)31,22(21)24(26)29)19-9-5-3-7-17(19)20/h2-13,20-22H,1H3/t20?,21-,22-,25?/m0/s1. The summed E-state index contributed by atoms with van der Waals surface area (Å²) in [6.07, 6.45) is 0. The normalized spacial score (nSPS) is 27.0. The molecule has 3 aliphatic carbocycles. The Balaban J connectivity index is 1.63. The summed E-state index contributed by atoms with van der Waals surface area (Å²) >= 11 is 0. The molecule has 3 aromatic carbocycles. The molecule has 0 unspecified atom stereocenters. The number of carbonyl (C=O) groups is 2. The van der Waals surface area contributed by atoms with Crippen LogP contribution in [0.4, 0.5) is 5.69 Å². The maximum atomic E-state index is 13.8. The minimum absolute atomic E-state index is 0.361. The van der Waals surface area contributed by atoms with E-state index in [1.807, 2.05) is 24.3 Å². The van der Waals surface area contributed by atoms with Crippen molar-refractivity contribution in [1.29, 1.82) is 0 Å². The van der Waals surface area contributed by atoms with Gasteiger partial charge in [-0.3, -0.25) is 19.7 Å². The lowest BCUT2D eigenvalue weighted by Crippen LogP contribution is -2.57. The molecule has 1 saturated heterocycles. The van der Waals surface area contributed by atoms with Crippen molar-refractivity contribution in [1.82, 2.24) is 0 Å². The molecular weight excluding hydrogens is 408 g/mol. The van der Waals surface area contributed by atoms with Gasteiger partial charge in [-0.2, -0.15) is 0 Å². The number of amides is 2. The number of ether oxygens (including phenoxy) is 1. The Labute approximate surface area is 183 Å². The summed E-state index contributed by atoms with van der Waals surface area (Å²) in [5, 5.41) is 12.9. The third-order valence-electron chi connectivity index (χ3n) is 7.19. The van der Waals surface area contributed by atoms with E-state index >= 15 is 0 Å². The molecular formula is C25H18N2O5. The molecule has 1 aliphatic heterocycles. The molecule has 7 nitrogen and oxygen atoms in total. The Hall–Kier alpha value is -4.00. The van der Waals surface area contributed by atoms with Crippen LogP contribution >= 0.6 is 0 Å². The highest BCUT2D eigenvalue weighted by atomic mass is 16.6. The summed E-state index contributed by atoms with van der Waals surface area (Å²) in [4.78, 5) is 41.2. The minimum Gasteiger partial charge on any atom is -0.497 e. The number of rotatable bonds is 3. The summed E-state index contributed by atoms with van der Waals surface area (Å²) in [6.45, 7) is 0. The number of anilines is 1. The van der Waals surface area contributed by atoms with Gasteiger partial charge in [-0.25, -0.2) is 4.90 Å². The number of benzene rings is 3. The second-order valence-corrected chi connectivity index (χ2v) is 8.39. The van der Waals surface area contributed by atoms with E-state index in [9.17, 15) is 19.7 Å². The Kier molecular flexibility index (Phi) is 3.67. The number of methoxy groups -OCH3 is 1. The number of imide groups is 1. The maximum absolute atomic E-state index is 13.8. The lowest BCUT2D eigenvalue weighted by molar-refractivity contribution is -0.578. The van der Waals surface area contributed by atoms with Crippen molar-refractivity contribution in [2.24, 2.45) is 11.8 Å². The highest BCUT2D eigenvalue weighted by Gasteiger charge is 2.74. The summed E-state index contributed by atoms with van der Waals surface area (Å²) in [6, 6.07) is 20.9. The van der Waals surface area contributed by atoms with Crippen LogP contribution in [0.3, 0.4) is 0 Å². The summed E-state index contributed by atoms with van der Waals surface area (Å²) < 4.78 is 5.18. The van der Waals surface area contributed by atoms with Crippen LogP contribution in [0, 0.1) is 22.0 Å². The van der Waals surface area contributed by atoms with E-state index < -0.39 is 35.1 Å². The van der Waals surface area contributed by atoms with Crippen molar-refractivity contribution in [3.63, 3.8) is 0 Å². The molecule has 0 spiro atoms. The zero-order chi connectivity index (χ0) is 22.2. The third-order valence-corrected chi connectivity index (χ3v) is 7.19. The van der Waals surface area contributed by atoms with Gasteiger partial charge in [0, 0.05) is 22.0 Å². The Bertz CT molecular complexity index is 1270. The first-order chi connectivity index (χ1) is 15.5. The molecule has 158 valence electrons. The number of carbonyl (C=O) groups excluding carboxylic acids is 2. The van der Waals surface area contributed by atoms with Gasteiger partial charge in [0.2, 0.25) is 11.8 Å². The molecule has 0 saturated carbocycles. The Morgan fingerprint density at radius 3 is 1.97 bits per heavy atom. The van der Waals surface area contributed by atoms with Gasteiger partial charge in [0.1, 0.15) is 11.7 Å². The Morgan fingerprint density at radius 1 is 0.875 bits per heavy atom. The van der Waals surface area contributed by atoms with E-state index in [0.717, 1.165) is 16.0 Å². The molecule has 2 atom stereocenters. The average molecular weight is 426 g/mol. The van der Waals surface area contributed by atoms with E-state index in [2.05, 4.69) is 0 Å². The predicted molar refractivity (Wildman–Crippen MR) is 115 cm³/mol. The molecule has 0 aromatic heterocycles. The SMILES string of the molecule is COc1ccc(N2C(=O)[C@@H]3[C@@H](C2=O)C2c4ccccc4C3([N+](=O)[O-])c3ccccc32)cc1. The first-order valence-corrected chi connectivity index (χ1v) is 10.4. The van der Waals surface area contributed by atoms with E-state index in [1.165, 1.54) is 7.11 Å². The summed E-state index contributed by atoms with van der Waals surface area (Å²) in [7, 11) is 1.53. The van der Waals surface area contributed by atoms with Gasteiger partial charge >= 0.3 is 0 Å². The molecule has 2 bridgehead atoms. The fourth-order valence-corrected chi connectivity index (χ4v) is 6.03. The van der Waals surface area contributed by atoms with Gasteiger partial charge in [0.15, 0.2) is 0 Å². The number of nitro groups is 1. The van der Waals surface area contributed by atoms with Crippen molar-refractivity contribution < 1.29 is 19.2 Å². The van der Waals surface area contributed by atoms with Crippen molar-refractivity contribution in [3.8, 4) is 5.75 Å². The van der Waals surface area contributed by atoms with E-state index in [1.54, 1.807) is 48.5 Å². The fourth-order valence-electron chi connectivity index (χ4n) is 6.03. The monoisotopic (exact) mass is 426 g/mol. The van der Waals surface area contributed by atoms with Crippen LogP contribution in [0.2, 0.25) is 0 Å². The predicted octanol–water partition coefficient (Wildman–Crippen LogP) is 3.48. The van der Waals surface area contributed by atoms with E-state index in [0.29, 0.717) is 22.6 Å². The lowest BCUT2D eigenvalue weighted by atomic mass is 9.51. The molecule has 7 rings (SSSR count). The zero-order valence-electron chi connectivity index (χ0n) is 17.1. The van der Waals surface area contributed by atoms with Crippen LogP contribution in [-0.4, -0.2) is 23.8 Å². The molecule has 2 amide bonds. The smallest absolute Gasteiger partial charge is 0.285 e. The van der Waals surface area contributed by atoms with Gasteiger partial charge in [-0.05, 0) is 35.4 Å². The molecule has 32 heavy (non-hydrogen) atoms. The summed E-state index contributed by atoms with van der Waals surface area (Å²) in [5.74, 6) is -2.69. The molecule has 3 aromatic rings. The van der Waals surface area contributed by atoms with Crippen molar-refractivity contribution in [2.75, 3.05) is 12.0 Å². The minimum atomic E-state index is -1.80. The number of nitrogens with zero attached hydrogens (tertiary/aromatic N) is 2. The second-order valence-electron chi connectivity index (χ2n) is 8.39. The van der Waals surface area contributed by atoms with Crippen molar-refractivity contribution >= 4 is 17.5 Å². The van der Waals surface area contributed by atoms with Gasteiger partial charge < -0.3 is 4.74 Å². The summed E-state index contributed by atoms with van der Waals surface area (Å²) in [5.41, 5.74) is 1.10. The second kappa shape index (κ2) is 6.26. The van der Waals surface area contributed by atoms with Gasteiger partial charge in [-0.15, -0.1) is 0 Å². The molecule has 1 heterocycles. The third kappa shape index (κ3) is 2.01. The van der Waals surface area contributed by atoms with Crippen LogP contribution in [0.5, 0.6) is 5.75 Å². The van der Waals surface area contributed by atoms with Gasteiger partial charge in [0.25, 0.3) is 5.54 Å². The topological polar surface area (TPSA) is 89.8 Å². The molecule has 1 fully saturated rings. The fraction of sp³-hybridized carbons (Fsp3) is 0.200. The number of hydrogen-bond acceptors (Lipinski definition) is 5. The van der Waals surface area contributed by atoms with E-state index in [-0.39, 0.29) is 4.92 Å². The van der Waals surface area contributed by atoms with E-state index in [4.69, 9.17) is 4.74 Å². The molecule has 7 heteroatoms. The van der Waals surface area contributed by atoms with Gasteiger partial charge in [0.05, 0.1) is 18.7 Å². The highest BCUT2D eigenvalue weighted by Crippen LogP contribution is 2.64. The van der Waals surface area contributed by atoms with Crippen molar-refractivity contribution in [2.45, 2.75) is 11.5 Å². The van der Waals surface area contributed by atoms with Crippen LogP contribution in [0.25, 0.3) is 0 Å². The largest absolute Gasteiger partial charge is 0.497 e. The first-order valence-electron chi connectivity index (χ1n) is 10.4. The van der Waals surface area contributed by atoms with Crippen LogP contribution in [-0.2, 0) is 15.1 Å². The maximum Gasteiger partial charge on any atom is 0.285 e. The first kappa shape index (κ1) is 18.7. The van der Waals surface area contributed by atoms with Crippen LogP contribution in [0.15, 0.2) is 72.8 Å². The van der Waals surface area contributed by atoms with Crippen LogP contribution < -0.4 is 9.64 Å². The number of hydrogen-bond donors (Lipinski definition) is 0. The zero-order valence-corrected chi connectivity index (χ0v) is 17.1. The lowest BCUT2D eigenvalue weighted by Gasteiger charge is -2.48. The Morgan fingerprint density at radius 2 is 1.44 bits per heavy atom. The van der Waals surface area contributed by atoms with Crippen molar-refractivity contribution in [3.05, 3.63) is 105 Å². The van der Waals surface area contributed by atoms with Gasteiger partial charge in [-0.1, -0.05) is 48.5 Å². The molecule has 0 N–H and O–H groups in total. The molecule has 0 radical (unpaired) electrons.